The van der Waals surface area contributed by atoms with Crippen LogP contribution in [0.1, 0.15) is 70.4 Å². The van der Waals surface area contributed by atoms with Crippen LogP contribution in [0.25, 0.3) is 10.9 Å². The molecule has 3 saturated heterocycles. The van der Waals surface area contributed by atoms with Gasteiger partial charge in [0, 0.05) is 29.5 Å². The Morgan fingerprint density at radius 3 is 2.55 bits per heavy atom. The van der Waals surface area contributed by atoms with Gasteiger partial charge in [-0.3, -0.25) is 0 Å². The zero-order chi connectivity index (χ0) is 23.6. The molecular weight excluding hydrogens is 422 g/mol. The first-order chi connectivity index (χ1) is 15.5. The van der Waals surface area contributed by atoms with Crippen LogP contribution in [0.4, 0.5) is 0 Å². The van der Waals surface area contributed by atoms with Crippen LogP contribution in [0.3, 0.4) is 0 Å². The highest BCUT2D eigenvalue weighted by atomic mass is 28.3. The Morgan fingerprint density at radius 1 is 1.09 bits per heavy atom. The second kappa shape index (κ2) is 8.22. The van der Waals surface area contributed by atoms with Crippen molar-refractivity contribution >= 4 is 19.1 Å². The van der Waals surface area contributed by atoms with E-state index in [1.807, 2.05) is 0 Å². The van der Waals surface area contributed by atoms with E-state index in [0.29, 0.717) is 12.1 Å². The third-order valence-electron chi connectivity index (χ3n) is 9.87. The van der Waals surface area contributed by atoms with Gasteiger partial charge in [-0.25, -0.2) is 0 Å². The molecule has 3 fully saturated rings. The quantitative estimate of drug-likeness (QED) is 0.596. The standard InChI is InChI=1S/C28H45N3OSi/c1-27(2,3)33(5,6)31-20-21(17-23-9-7-14-29(23)4)25-18-22(11-12-26(25)31)28(32)13-16-30-15-8-10-24(30)19-28/h11-12,18,20,23-24,32H,7-10,13-17,19H2,1-6H3/t23-,24-,28+/m0/s1. The van der Waals surface area contributed by atoms with Gasteiger partial charge in [0.25, 0.3) is 0 Å². The smallest absolute Gasteiger partial charge is 0.161 e. The second-order valence-corrected chi connectivity index (χ2v) is 18.0. The van der Waals surface area contributed by atoms with Crippen LogP contribution in [-0.4, -0.2) is 66.1 Å². The van der Waals surface area contributed by atoms with Crippen molar-refractivity contribution in [3.8, 4) is 0 Å². The number of hydrogen-bond acceptors (Lipinski definition) is 3. The Bertz CT molecular complexity index is 1020. The zero-order valence-electron chi connectivity index (χ0n) is 21.8. The molecule has 0 amide bonds. The van der Waals surface area contributed by atoms with Crippen molar-refractivity contribution in [3.05, 3.63) is 35.5 Å². The van der Waals surface area contributed by atoms with Gasteiger partial charge in [0.15, 0.2) is 8.24 Å². The summed E-state index contributed by atoms with van der Waals surface area (Å²) in [6, 6.07) is 8.17. The lowest BCUT2D eigenvalue weighted by Crippen LogP contribution is -2.46. The van der Waals surface area contributed by atoms with Crippen LogP contribution in [0, 0.1) is 0 Å². The highest BCUT2D eigenvalue weighted by Gasteiger charge is 2.42. The van der Waals surface area contributed by atoms with Crippen molar-refractivity contribution in [1.29, 1.82) is 0 Å². The Balaban J connectivity index is 1.58. The number of piperidine rings is 1. The van der Waals surface area contributed by atoms with Gasteiger partial charge in [-0.1, -0.05) is 39.9 Å². The molecule has 3 aliphatic rings. The predicted molar refractivity (Wildman–Crippen MR) is 142 cm³/mol. The summed E-state index contributed by atoms with van der Waals surface area (Å²) < 4.78 is 2.67. The number of benzene rings is 1. The Hall–Kier alpha value is -1.14. The van der Waals surface area contributed by atoms with Crippen LogP contribution in [-0.2, 0) is 12.0 Å². The van der Waals surface area contributed by atoms with E-state index in [4.69, 9.17) is 0 Å². The summed E-state index contributed by atoms with van der Waals surface area (Å²) in [6.45, 7) is 15.7. The molecule has 5 rings (SSSR count). The van der Waals surface area contributed by atoms with E-state index >= 15 is 0 Å². The van der Waals surface area contributed by atoms with Crippen LogP contribution < -0.4 is 0 Å². The molecule has 5 heteroatoms. The first kappa shape index (κ1) is 23.6. The Labute approximate surface area is 202 Å². The van der Waals surface area contributed by atoms with E-state index in [9.17, 15) is 5.11 Å². The highest BCUT2D eigenvalue weighted by molar-refractivity contribution is 6.79. The average molecular weight is 468 g/mol. The van der Waals surface area contributed by atoms with Gasteiger partial charge >= 0.3 is 0 Å². The Morgan fingerprint density at radius 2 is 1.85 bits per heavy atom. The molecule has 4 heterocycles. The third-order valence-corrected chi connectivity index (χ3v) is 15.1. The molecule has 0 bridgehead atoms. The fourth-order valence-electron chi connectivity index (χ4n) is 6.57. The maximum absolute atomic E-state index is 11.8. The molecule has 0 radical (unpaired) electrons. The predicted octanol–water partition coefficient (Wildman–Crippen LogP) is 5.58. The average Bonchev–Trinajstić information content (AvgIpc) is 3.46. The molecule has 2 aromatic rings. The topological polar surface area (TPSA) is 31.6 Å². The SMILES string of the molecule is CN1CCC[C@H]1Cc1cn([Si](C)(C)C(C)(C)C)c2ccc([C@@]3(O)CCN4CCC[C@H]4C3)cc12. The van der Waals surface area contributed by atoms with Gasteiger partial charge in [0.1, 0.15) is 0 Å². The molecule has 33 heavy (non-hydrogen) atoms. The molecular formula is C28H45N3OSi. The van der Waals surface area contributed by atoms with Crippen molar-refractivity contribution in [2.24, 2.45) is 0 Å². The van der Waals surface area contributed by atoms with Gasteiger partial charge < -0.3 is 19.1 Å². The van der Waals surface area contributed by atoms with Crippen molar-refractivity contribution in [1.82, 2.24) is 14.0 Å². The second-order valence-electron chi connectivity index (χ2n) is 12.9. The first-order valence-electron chi connectivity index (χ1n) is 13.3. The molecule has 0 saturated carbocycles. The van der Waals surface area contributed by atoms with E-state index in [2.05, 4.69) is 79.3 Å². The lowest BCUT2D eigenvalue weighted by molar-refractivity contribution is -0.0408. The minimum atomic E-state index is -1.76. The minimum absolute atomic E-state index is 0.270. The van der Waals surface area contributed by atoms with E-state index in [0.717, 1.165) is 31.4 Å². The lowest BCUT2D eigenvalue weighted by Gasteiger charge is -2.41. The number of fused-ring (bicyclic) bond motifs is 2. The molecule has 1 N–H and O–H groups in total. The molecule has 1 aromatic carbocycles. The van der Waals surface area contributed by atoms with Gasteiger partial charge in [0.05, 0.1) is 5.60 Å². The molecule has 0 aliphatic carbocycles. The number of likely N-dealkylation sites (N-methyl/N-ethyl adjacent to an activating group) is 1. The molecule has 4 nitrogen and oxygen atoms in total. The van der Waals surface area contributed by atoms with Crippen molar-refractivity contribution in [2.45, 2.75) is 102 Å². The maximum Gasteiger partial charge on any atom is 0.161 e. The lowest BCUT2D eigenvalue weighted by atomic mass is 9.80. The molecule has 182 valence electrons. The van der Waals surface area contributed by atoms with Gasteiger partial charge in [0.2, 0.25) is 0 Å². The zero-order valence-corrected chi connectivity index (χ0v) is 22.8. The van der Waals surface area contributed by atoms with E-state index in [-0.39, 0.29) is 5.04 Å². The number of aliphatic hydroxyl groups is 1. The monoisotopic (exact) mass is 467 g/mol. The number of aromatic nitrogens is 1. The summed E-state index contributed by atoms with van der Waals surface area (Å²) in [5, 5.41) is 13.5. The molecule has 0 unspecified atom stereocenters. The number of rotatable bonds is 4. The van der Waals surface area contributed by atoms with Crippen LogP contribution in [0.5, 0.6) is 0 Å². The summed E-state index contributed by atoms with van der Waals surface area (Å²) in [5.74, 6) is 0. The fraction of sp³-hybridized carbons (Fsp3) is 0.714. The van der Waals surface area contributed by atoms with Gasteiger partial charge in [-0.2, -0.15) is 0 Å². The van der Waals surface area contributed by atoms with Crippen molar-refractivity contribution in [2.75, 3.05) is 26.7 Å². The Kier molecular flexibility index (Phi) is 5.87. The first-order valence-corrected chi connectivity index (χ1v) is 16.3. The maximum atomic E-state index is 11.8. The normalized spacial score (nSPS) is 29.8. The molecule has 1 aromatic heterocycles. The van der Waals surface area contributed by atoms with Gasteiger partial charge in [-0.15, -0.1) is 0 Å². The van der Waals surface area contributed by atoms with E-state index in [1.165, 1.54) is 55.2 Å². The van der Waals surface area contributed by atoms with E-state index in [1.54, 1.807) is 0 Å². The van der Waals surface area contributed by atoms with Crippen LogP contribution in [0.15, 0.2) is 24.4 Å². The number of hydrogen-bond donors (Lipinski definition) is 1. The summed E-state index contributed by atoms with van der Waals surface area (Å²) in [4.78, 5) is 5.14. The summed E-state index contributed by atoms with van der Waals surface area (Å²) in [6.07, 6.45) is 10.5. The molecule has 3 aliphatic heterocycles. The van der Waals surface area contributed by atoms with Crippen LogP contribution >= 0.6 is 0 Å². The highest BCUT2D eigenvalue weighted by Crippen LogP contribution is 2.43. The number of likely N-dealkylation sites (tertiary alicyclic amines) is 1. The summed E-state index contributed by atoms with van der Waals surface area (Å²) in [5.41, 5.74) is 3.33. The largest absolute Gasteiger partial charge is 0.385 e. The van der Waals surface area contributed by atoms with Crippen molar-refractivity contribution < 1.29 is 5.11 Å². The van der Waals surface area contributed by atoms with Crippen molar-refractivity contribution in [3.63, 3.8) is 0 Å². The van der Waals surface area contributed by atoms with E-state index < -0.39 is 13.8 Å². The summed E-state index contributed by atoms with van der Waals surface area (Å²) >= 11 is 0. The fourth-order valence-corrected chi connectivity index (χ4v) is 8.57. The van der Waals surface area contributed by atoms with Gasteiger partial charge in [-0.05, 0) is 99.6 Å². The minimum Gasteiger partial charge on any atom is -0.385 e. The van der Waals surface area contributed by atoms with Crippen LogP contribution in [0.2, 0.25) is 18.1 Å². The molecule has 3 atom stereocenters. The third kappa shape index (κ3) is 4.03. The molecule has 0 spiro atoms. The number of nitrogens with zero attached hydrogens (tertiary/aromatic N) is 3. The summed E-state index contributed by atoms with van der Waals surface area (Å²) in [7, 11) is 0.529.